The van der Waals surface area contributed by atoms with Crippen molar-refractivity contribution >= 4 is 28.4 Å². The Hall–Kier alpha value is -0.430. The highest BCUT2D eigenvalue weighted by atomic mass is 127. The van der Waals surface area contributed by atoms with Crippen LogP contribution in [0.1, 0.15) is 58.0 Å². The van der Waals surface area contributed by atoms with E-state index in [-0.39, 0.29) is 5.60 Å². The monoisotopic (exact) mass is 403 g/mol. The van der Waals surface area contributed by atoms with Gasteiger partial charge in [0.15, 0.2) is 5.82 Å². The molecule has 0 bridgehead atoms. The Morgan fingerprint density at radius 2 is 2.14 bits per heavy atom. The summed E-state index contributed by atoms with van der Waals surface area (Å²) in [6.07, 6.45) is 4.51. The van der Waals surface area contributed by atoms with Crippen LogP contribution in [0.15, 0.2) is 0 Å². The van der Waals surface area contributed by atoms with E-state index in [1.165, 1.54) is 12.8 Å². The van der Waals surface area contributed by atoms with E-state index in [1.54, 1.807) is 0 Å². The third-order valence-electron chi connectivity index (χ3n) is 4.14. The number of aromatic nitrogens is 2. The molecule has 1 N–H and O–H groups in total. The van der Waals surface area contributed by atoms with E-state index < -0.39 is 0 Å². The Labute approximate surface area is 141 Å². The molecule has 0 radical (unpaired) electrons. The topological polar surface area (TPSA) is 47.0 Å². The van der Waals surface area contributed by atoms with Crippen LogP contribution >= 0.6 is 22.6 Å². The Morgan fingerprint density at radius 3 is 2.76 bits per heavy atom. The van der Waals surface area contributed by atoms with Gasteiger partial charge in [0.2, 0.25) is 0 Å². The van der Waals surface area contributed by atoms with Crippen molar-refractivity contribution in [1.29, 1.82) is 0 Å². The standard InChI is InChI=1S/C16H26IN3O/c1-5-18-14-13(17)12(4)19-15(20-14)16(21-6-2)9-7-8-11(3)10-16/h11H,5-10H2,1-4H3,(H,18,19,20). The molecule has 0 aliphatic heterocycles. The van der Waals surface area contributed by atoms with Gasteiger partial charge in [-0.15, -0.1) is 0 Å². The number of rotatable bonds is 5. The van der Waals surface area contributed by atoms with Crippen molar-refractivity contribution in [2.24, 2.45) is 5.92 Å². The number of anilines is 1. The van der Waals surface area contributed by atoms with Gasteiger partial charge in [0.05, 0.1) is 9.26 Å². The third-order valence-corrected chi connectivity index (χ3v) is 5.44. The van der Waals surface area contributed by atoms with E-state index in [0.29, 0.717) is 12.5 Å². The van der Waals surface area contributed by atoms with E-state index in [1.807, 2.05) is 0 Å². The largest absolute Gasteiger partial charge is 0.369 e. The zero-order chi connectivity index (χ0) is 15.5. The fourth-order valence-corrected chi connectivity index (χ4v) is 3.66. The maximum absolute atomic E-state index is 6.20. The van der Waals surface area contributed by atoms with Crippen LogP contribution < -0.4 is 5.32 Å². The molecule has 0 amide bonds. The number of halogens is 1. The van der Waals surface area contributed by atoms with Gasteiger partial charge in [0.25, 0.3) is 0 Å². The Morgan fingerprint density at radius 1 is 1.38 bits per heavy atom. The van der Waals surface area contributed by atoms with Crippen molar-refractivity contribution in [3.05, 3.63) is 15.1 Å². The van der Waals surface area contributed by atoms with Gasteiger partial charge in [-0.05, 0) is 68.5 Å². The molecule has 1 aliphatic carbocycles. The van der Waals surface area contributed by atoms with Crippen LogP contribution in [0, 0.1) is 16.4 Å². The number of ether oxygens (including phenoxy) is 1. The number of nitrogens with zero attached hydrogens (tertiary/aromatic N) is 2. The molecule has 1 heterocycles. The fraction of sp³-hybridized carbons (Fsp3) is 0.750. The second-order valence-corrected chi connectivity index (χ2v) is 7.03. The first-order valence-electron chi connectivity index (χ1n) is 7.94. The maximum atomic E-state index is 6.20. The third kappa shape index (κ3) is 3.67. The van der Waals surface area contributed by atoms with E-state index in [0.717, 1.165) is 40.3 Å². The molecule has 0 saturated heterocycles. The van der Waals surface area contributed by atoms with Crippen molar-refractivity contribution in [3.8, 4) is 0 Å². The van der Waals surface area contributed by atoms with Gasteiger partial charge >= 0.3 is 0 Å². The van der Waals surface area contributed by atoms with Crippen LogP contribution in [-0.4, -0.2) is 23.1 Å². The minimum absolute atomic E-state index is 0.300. The summed E-state index contributed by atoms with van der Waals surface area (Å²) < 4.78 is 7.30. The van der Waals surface area contributed by atoms with Crippen LogP contribution in [0.4, 0.5) is 5.82 Å². The van der Waals surface area contributed by atoms with Gasteiger partial charge in [-0.3, -0.25) is 0 Å². The SMILES string of the molecule is CCNc1nc(C2(OCC)CCCC(C)C2)nc(C)c1I. The van der Waals surface area contributed by atoms with Crippen LogP contribution in [-0.2, 0) is 10.3 Å². The Kier molecular flexibility index (Phi) is 5.82. The van der Waals surface area contributed by atoms with Gasteiger partial charge in [0.1, 0.15) is 11.4 Å². The van der Waals surface area contributed by atoms with Crippen LogP contribution in [0.2, 0.25) is 0 Å². The lowest BCUT2D eigenvalue weighted by Crippen LogP contribution is -2.37. The normalized spacial score (nSPS) is 25.9. The van der Waals surface area contributed by atoms with Crippen LogP contribution in [0.5, 0.6) is 0 Å². The van der Waals surface area contributed by atoms with Gasteiger partial charge in [-0.2, -0.15) is 0 Å². The molecule has 2 rings (SSSR count). The summed E-state index contributed by atoms with van der Waals surface area (Å²) in [6, 6.07) is 0. The highest BCUT2D eigenvalue weighted by Crippen LogP contribution is 2.42. The van der Waals surface area contributed by atoms with E-state index in [4.69, 9.17) is 14.7 Å². The summed E-state index contributed by atoms with van der Waals surface area (Å²) >= 11 is 2.32. The summed E-state index contributed by atoms with van der Waals surface area (Å²) in [5, 5.41) is 3.35. The molecule has 1 fully saturated rings. The lowest BCUT2D eigenvalue weighted by atomic mass is 9.78. The average Bonchev–Trinajstić information content (AvgIpc) is 2.44. The summed E-state index contributed by atoms with van der Waals surface area (Å²) in [4.78, 5) is 9.60. The molecule has 5 heteroatoms. The first kappa shape index (κ1) is 16.9. The first-order valence-corrected chi connectivity index (χ1v) is 9.02. The fourth-order valence-electron chi connectivity index (χ4n) is 3.23. The van der Waals surface area contributed by atoms with E-state index in [2.05, 4.69) is 55.6 Å². The molecule has 2 unspecified atom stereocenters. The summed E-state index contributed by atoms with van der Waals surface area (Å²) in [7, 11) is 0. The first-order chi connectivity index (χ1) is 10.0. The molecule has 1 aliphatic rings. The van der Waals surface area contributed by atoms with Crippen molar-refractivity contribution < 1.29 is 4.74 Å². The summed E-state index contributed by atoms with van der Waals surface area (Å²) in [5.74, 6) is 2.47. The van der Waals surface area contributed by atoms with Crippen LogP contribution in [0.25, 0.3) is 0 Å². The predicted octanol–water partition coefficient (Wildman–Crippen LogP) is 4.26. The molecule has 118 valence electrons. The highest BCUT2D eigenvalue weighted by Gasteiger charge is 2.40. The molecule has 2 atom stereocenters. The van der Waals surface area contributed by atoms with Gasteiger partial charge in [-0.25, -0.2) is 9.97 Å². The maximum Gasteiger partial charge on any atom is 0.162 e. The second kappa shape index (κ2) is 7.22. The molecule has 1 saturated carbocycles. The lowest BCUT2D eigenvalue weighted by molar-refractivity contribution is -0.0881. The number of aryl methyl sites for hydroxylation is 1. The molecule has 21 heavy (non-hydrogen) atoms. The molecule has 1 aromatic heterocycles. The summed E-state index contributed by atoms with van der Waals surface area (Å²) in [6.45, 7) is 10.1. The zero-order valence-corrected chi connectivity index (χ0v) is 15.7. The van der Waals surface area contributed by atoms with E-state index in [9.17, 15) is 0 Å². The van der Waals surface area contributed by atoms with Crippen molar-refractivity contribution in [3.63, 3.8) is 0 Å². The summed E-state index contributed by atoms with van der Waals surface area (Å²) in [5.41, 5.74) is 0.736. The van der Waals surface area contributed by atoms with Crippen molar-refractivity contribution in [2.45, 2.75) is 59.0 Å². The smallest absolute Gasteiger partial charge is 0.162 e. The van der Waals surface area contributed by atoms with Gasteiger partial charge in [-0.1, -0.05) is 13.3 Å². The van der Waals surface area contributed by atoms with Crippen molar-refractivity contribution in [2.75, 3.05) is 18.5 Å². The quantitative estimate of drug-likeness (QED) is 0.747. The number of nitrogens with one attached hydrogen (secondary N) is 1. The molecular weight excluding hydrogens is 377 g/mol. The minimum atomic E-state index is -0.300. The molecule has 0 aromatic carbocycles. The van der Waals surface area contributed by atoms with Gasteiger partial charge in [0, 0.05) is 13.2 Å². The molecular formula is C16H26IN3O. The highest BCUT2D eigenvalue weighted by molar-refractivity contribution is 14.1. The second-order valence-electron chi connectivity index (χ2n) is 5.95. The predicted molar refractivity (Wildman–Crippen MR) is 94.6 cm³/mol. The Bertz CT molecular complexity index is 491. The Balaban J connectivity index is 2.44. The lowest BCUT2D eigenvalue weighted by Gasteiger charge is -2.38. The van der Waals surface area contributed by atoms with Crippen LogP contribution in [0.3, 0.4) is 0 Å². The van der Waals surface area contributed by atoms with Crippen molar-refractivity contribution in [1.82, 2.24) is 9.97 Å². The molecule has 1 aromatic rings. The molecule has 0 spiro atoms. The number of hydrogen-bond acceptors (Lipinski definition) is 4. The molecule has 4 nitrogen and oxygen atoms in total. The van der Waals surface area contributed by atoms with Gasteiger partial charge < -0.3 is 10.1 Å². The minimum Gasteiger partial charge on any atom is -0.369 e. The van der Waals surface area contributed by atoms with E-state index >= 15 is 0 Å². The average molecular weight is 403 g/mol. The number of hydrogen-bond donors (Lipinski definition) is 1. The zero-order valence-electron chi connectivity index (χ0n) is 13.5.